The number of nitrogens with zero attached hydrogens (tertiary/aromatic N) is 4. The molecule has 1 aromatic carbocycles. The molecular weight excluding hydrogens is 327 g/mol. The van der Waals surface area contributed by atoms with Gasteiger partial charge in [-0.15, -0.1) is 0 Å². The Labute approximate surface area is 152 Å². The van der Waals surface area contributed by atoms with Gasteiger partial charge in [-0.1, -0.05) is 25.1 Å². The molecule has 5 heteroatoms. The molecule has 0 fully saturated rings. The van der Waals surface area contributed by atoms with E-state index in [1.54, 1.807) is 6.08 Å². The predicted octanol–water partition coefficient (Wildman–Crippen LogP) is 4.43. The highest BCUT2D eigenvalue weighted by Crippen LogP contribution is 2.28. The summed E-state index contributed by atoms with van der Waals surface area (Å²) in [6.45, 7) is 2.02. The van der Waals surface area contributed by atoms with E-state index in [4.69, 9.17) is 4.98 Å². The number of allylic oxidation sites excluding steroid dienone is 4. The number of hydrogen-bond donors (Lipinski definition) is 0. The summed E-state index contributed by atoms with van der Waals surface area (Å²) in [6.07, 6.45) is 9.49. The molecule has 0 saturated carbocycles. The van der Waals surface area contributed by atoms with Crippen LogP contribution in [-0.2, 0) is 19.9 Å². The number of imidazole rings is 1. The van der Waals surface area contributed by atoms with Crippen LogP contribution in [0.3, 0.4) is 0 Å². The van der Waals surface area contributed by atoms with Crippen LogP contribution < -0.4 is 0 Å². The highest BCUT2D eigenvalue weighted by atomic mass is 19.1. The summed E-state index contributed by atoms with van der Waals surface area (Å²) in [4.78, 5) is 13.8. The van der Waals surface area contributed by atoms with E-state index in [9.17, 15) is 4.39 Å². The van der Waals surface area contributed by atoms with Crippen LogP contribution in [0.25, 0.3) is 16.6 Å². The number of rotatable bonds is 4. The van der Waals surface area contributed by atoms with Crippen molar-refractivity contribution in [3.63, 3.8) is 0 Å². The molecule has 2 heterocycles. The van der Waals surface area contributed by atoms with Crippen molar-refractivity contribution in [2.24, 2.45) is 13.0 Å². The molecule has 0 spiro atoms. The quantitative estimate of drug-likeness (QED) is 0.701. The summed E-state index contributed by atoms with van der Waals surface area (Å²) in [5, 5.41) is 0. The Balaban J connectivity index is 1.52. The Morgan fingerprint density at radius 3 is 2.77 bits per heavy atom. The minimum absolute atomic E-state index is 0.0753. The van der Waals surface area contributed by atoms with Gasteiger partial charge in [-0.3, -0.25) is 4.98 Å². The molecule has 0 radical (unpaired) electrons. The number of aryl methyl sites for hydroxylation is 3. The fourth-order valence-corrected chi connectivity index (χ4v) is 3.34. The third-order valence-electron chi connectivity index (χ3n) is 4.66. The zero-order valence-electron chi connectivity index (χ0n) is 15.0. The third-order valence-corrected chi connectivity index (χ3v) is 4.66. The molecule has 4 rings (SSSR count). The van der Waals surface area contributed by atoms with Crippen LogP contribution in [0.5, 0.6) is 0 Å². The maximum atomic E-state index is 13.7. The van der Waals surface area contributed by atoms with Crippen LogP contribution in [0.4, 0.5) is 4.39 Å². The summed E-state index contributed by atoms with van der Waals surface area (Å²) in [6, 6.07) is 7.87. The molecule has 1 unspecified atom stereocenters. The first-order valence-electron chi connectivity index (χ1n) is 8.89. The van der Waals surface area contributed by atoms with Crippen LogP contribution >= 0.6 is 0 Å². The molecule has 0 bridgehead atoms. The second-order valence-corrected chi connectivity index (χ2v) is 6.90. The Morgan fingerprint density at radius 1 is 1.15 bits per heavy atom. The number of benzene rings is 1. The lowest BCUT2D eigenvalue weighted by Gasteiger charge is -2.12. The van der Waals surface area contributed by atoms with Crippen molar-refractivity contribution in [2.45, 2.75) is 26.2 Å². The van der Waals surface area contributed by atoms with Crippen molar-refractivity contribution in [1.29, 1.82) is 0 Å². The average Bonchev–Trinajstić information content (AvgIpc) is 3.00. The Kier molecular flexibility index (Phi) is 4.37. The number of fused-ring (bicyclic) bond motifs is 1. The van der Waals surface area contributed by atoms with Gasteiger partial charge < -0.3 is 4.57 Å². The van der Waals surface area contributed by atoms with E-state index in [0.717, 1.165) is 46.7 Å². The fourth-order valence-electron chi connectivity index (χ4n) is 3.34. The summed E-state index contributed by atoms with van der Waals surface area (Å²) < 4.78 is 15.8. The number of halogens is 1. The molecule has 132 valence electrons. The van der Waals surface area contributed by atoms with E-state index in [1.807, 2.05) is 55.2 Å². The van der Waals surface area contributed by atoms with Crippen molar-refractivity contribution >= 4 is 16.6 Å². The molecule has 4 nitrogen and oxygen atoms in total. The lowest BCUT2D eigenvalue weighted by Crippen LogP contribution is -2.02. The van der Waals surface area contributed by atoms with Crippen LogP contribution in [0.2, 0.25) is 0 Å². The summed E-state index contributed by atoms with van der Waals surface area (Å²) >= 11 is 0. The maximum Gasteiger partial charge on any atom is 0.109 e. The first-order chi connectivity index (χ1) is 12.6. The fraction of sp³-hybridized carbons (Fsp3) is 0.286. The second kappa shape index (κ2) is 6.83. The zero-order valence-corrected chi connectivity index (χ0v) is 15.0. The highest BCUT2D eigenvalue weighted by Gasteiger charge is 2.16. The Hall–Kier alpha value is -2.82. The number of para-hydroxylation sites is 2. The van der Waals surface area contributed by atoms with Crippen molar-refractivity contribution in [3.8, 4) is 0 Å². The van der Waals surface area contributed by atoms with Gasteiger partial charge in [0.05, 0.1) is 22.4 Å². The van der Waals surface area contributed by atoms with Crippen LogP contribution in [-0.4, -0.2) is 19.5 Å². The van der Waals surface area contributed by atoms with E-state index in [2.05, 4.69) is 16.0 Å². The zero-order chi connectivity index (χ0) is 18.1. The van der Waals surface area contributed by atoms with Gasteiger partial charge >= 0.3 is 0 Å². The summed E-state index contributed by atoms with van der Waals surface area (Å²) in [7, 11) is 1.98. The first-order valence-corrected chi connectivity index (χ1v) is 8.89. The molecule has 1 aliphatic rings. The lowest BCUT2D eigenvalue weighted by atomic mass is 9.96. The molecule has 2 aromatic heterocycles. The minimum Gasteiger partial charge on any atom is -0.337 e. The Morgan fingerprint density at radius 2 is 1.96 bits per heavy atom. The third kappa shape index (κ3) is 3.43. The maximum absolute atomic E-state index is 13.7. The monoisotopic (exact) mass is 348 g/mol. The second-order valence-electron chi connectivity index (χ2n) is 6.90. The van der Waals surface area contributed by atoms with Gasteiger partial charge in [0, 0.05) is 37.9 Å². The van der Waals surface area contributed by atoms with Gasteiger partial charge in [-0.2, -0.15) is 0 Å². The van der Waals surface area contributed by atoms with Crippen LogP contribution in [0, 0.1) is 5.92 Å². The van der Waals surface area contributed by atoms with Gasteiger partial charge in [0.15, 0.2) is 0 Å². The van der Waals surface area contributed by atoms with Crippen molar-refractivity contribution in [1.82, 2.24) is 19.5 Å². The largest absolute Gasteiger partial charge is 0.337 e. The van der Waals surface area contributed by atoms with Gasteiger partial charge in [0.1, 0.15) is 11.7 Å². The van der Waals surface area contributed by atoms with Crippen LogP contribution in [0.1, 0.15) is 30.6 Å². The van der Waals surface area contributed by atoms with E-state index in [0.29, 0.717) is 6.42 Å². The van der Waals surface area contributed by atoms with E-state index in [1.165, 1.54) is 0 Å². The van der Waals surface area contributed by atoms with Crippen molar-refractivity contribution < 1.29 is 4.39 Å². The SMILES string of the molecule is CC1C=C(c2cn(C)c(CCc3cnc4ccccc4n3)n2)C=C(F)C1. The van der Waals surface area contributed by atoms with Gasteiger partial charge in [0.25, 0.3) is 0 Å². The molecule has 0 saturated heterocycles. The van der Waals surface area contributed by atoms with E-state index < -0.39 is 0 Å². The highest BCUT2D eigenvalue weighted by molar-refractivity contribution is 5.74. The van der Waals surface area contributed by atoms with Gasteiger partial charge in [0.2, 0.25) is 0 Å². The lowest BCUT2D eigenvalue weighted by molar-refractivity contribution is 0.537. The first kappa shape index (κ1) is 16.6. The normalized spacial score (nSPS) is 17.3. The Bertz CT molecular complexity index is 1020. The number of hydrogen-bond acceptors (Lipinski definition) is 3. The molecule has 0 amide bonds. The smallest absolute Gasteiger partial charge is 0.109 e. The van der Waals surface area contributed by atoms with Gasteiger partial charge in [-0.05, 0) is 30.5 Å². The summed E-state index contributed by atoms with van der Waals surface area (Å²) in [5.74, 6) is 1.09. The van der Waals surface area contributed by atoms with E-state index >= 15 is 0 Å². The molecule has 3 aromatic rings. The molecule has 0 aliphatic heterocycles. The van der Waals surface area contributed by atoms with Crippen molar-refractivity contribution in [3.05, 3.63) is 71.9 Å². The van der Waals surface area contributed by atoms with Gasteiger partial charge in [-0.25, -0.2) is 14.4 Å². The number of aromatic nitrogens is 4. The predicted molar refractivity (Wildman–Crippen MR) is 101 cm³/mol. The standard InChI is InChI=1S/C21H21FN4/c1-14-9-15(11-16(22)10-14)20-13-26(2)21(25-20)8-7-17-12-23-18-5-3-4-6-19(18)24-17/h3-6,9,11-14H,7-8,10H2,1-2H3. The molecule has 1 atom stereocenters. The molecule has 1 aliphatic carbocycles. The average molecular weight is 348 g/mol. The molecule has 0 N–H and O–H groups in total. The van der Waals surface area contributed by atoms with E-state index in [-0.39, 0.29) is 11.7 Å². The summed E-state index contributed by atoms with van der Waals surface area (Å²) in [5.41, 5.74) is 4.46. The minimum atomic E-state index is -0.0753. The topological polar surface area (TPSA) is 43.6 Å². The van der Waals surface area contributed by atoms with Crippen LogP contribution in [0.15, 0.2) is 54.6 Å². The molecule has 26 heavy (non-hydrogen) atoms. The molecular formula is C21H21FN4. The van der Waals surface area contributed by atoms with Crippen molar-refractivity contribution in [2.75, 3.05) is 0 Å².